The van der Waals surface area contributed by atoms with Gasteiger partial charge >= 0.3 is 0 Å². The van der Waals surface area contributed by atoms with Crippen LogP contribution < -0.4 is 14.7 Å². The number of fused-ring (bicyclic) bond motifs is 1. The smallest absolute Gasteiger partial charge is 0.279 e. The molecule has 0 bridgehead atoms. The number of ether oxygens (including phenoxy) is 1. The zero-order valence-corrected chi connectivity index (χ0v) is 21.4. The molecule has 1 heterocycles. The highest BCUT2D eigenvalue weighted by Crippen LogP contribution is 2.22. The molecule has 3 aromatic carbocycles. The topological polar surface area (TPSA) is 150 Å². The van der Waals surface area contributed by atoms with Crippen LogP contribution in [0.15, 0.2) is 87.6 Å². The van der Waals surface area contributed by atoms with Crippen LogP contribution in [0.3, 0.4) is 0 Å². The van der Waals surface area contributed by atoms with Gasteiger partial charge in [-0.2, -0.15) is 4.99 Å². The van der Waals surface area contributed by atoms with E-state index < -0.39 is 26.0 Å². The first-order valence-corrected chi connectivity index (χ1v) is 14.4. The maximum absolute atomic E-state index is 12.9. The summed E-state index contributed by atoms with van der Waals surface area (Å²) in [7, 11) is -6.11. The van der Waals surface area contributed by atoms with Crippen molar-refractivity contribution in [1.29, 1.82) is 0 Å². The zero-order valence-electron chi connectivity index (χ0n) is 19.0. The van der Waals surface area contributed by atoms with Crippen LogP contribution in [-0.4, -0.2) is 41.0 Å². The number of benzene rings is 3. The molecule has 0 fully saturated rings. The number of sulfonamides is 2. The van der Waals surface area contributed by atoms with Crippen LogP contribution in [0.4, 0.5) is 5.69 Å². The van der Waals surface area contributed by atoms with Crippen molar-refractivity contribution in [3.8, 4) is 0 Å². The number of nitrogens with two attached hydrogens (primary N) is 1. The summed E-state index contributed by atoms with van der Waals surface area (Å²) in [4.78, 5) is 17.6. The predicted octanol–water partition coefficient (Wildman–Crippen LogP) is 2.54. The molecule has 0 unspecified atom stereocenters. The molecule has 3 N–H and O–H groups in total. The van der Waals surface area contributed by atoms with Crippen molar-refractivity contribution in [2.24, 2.45) is 10.1 Å². The maximum Gasteiger partial charge on any atom is 0.279 e. The van der Waals surface area contributed by atoms with Crippen molar-refractivity contribution in [2.75, 3.05) is 18.4 Å². The van der Waals surface area contributed by atoms with Gasteiger partial charge in [0.2, 0.25) is 10.0 Å². The summed E-state index contributed by atoms with van der Waals surface area (Å²) in [5, 5.41) is 5.24. The number of nitrogens with one attached hydrogen (secondary N) is 1. The summed E-state index contributed by atoms with van der Waals surface area (Å²) in [5.74, 6) is -0.545. The van der Waals surface area contributed by atoms with E-state index in [1.165, 1.54) is 48.5 Å². The second-order valence-electron chi connectivity index (χ2n) is 7.62. The largest absolute Gasteiger partial charge is 0.383 e. The number of methoxy groups -OCH3 is 1. The highest BCUT2D eigenvalue weighted by molar-refractivity contribution is 7.92. The lowest BCUT2D eigenvalue weighted by Crippen LogP contribution is -2.19. The molecule has 0 spiro atoms. The van der Waals surface area contributed by atoms with Crippen molar-refractivity contribution >= 4 is 53.2 Å². The number of amides is 1. The summed E-state index contributed by atoms with van der Waals surface area (Å²) < 4.78 is 58.5. The van der Waals surface area contributed by atoms with Crippen molar-refractivity contribution < 1.29 is 26.4 Å². The SMILES string of the molecule is COCCn1c(=NC(=O)c2ccc(NS(=O)(=O)c3ccccc3)cc2)sc2cc(S(N)(=O)=O)ccc21. The van der Waals surface area contributed by atoms with Crippen molar-refractivity contribution in [3.05, 3.63) is 83.2 Å². The standard InChI is InChI=1S/C23H22N4O6S3/c1-33-14-13-27-20-12-11-19(35(24,29)30)15-21(20)34-23(27)25-22(28)16-7-9-17(10-8-16)26-36(31,32)18-5-3-2-4-6-18/h2-12,15,26H,13-14H2,1H3,(H2,24,29,30). The molecule has 4 aromatic rings. The summed E-state index contributed by atoms with van der Waals surface area (Å²) in [5.41, 5.74) is 1.23. The summed E-state index contributed by atoms with van der Waals surface area (Å²) in [6.45, 7) is 0.734. The van der Waals surface area contributed by atoms with E-state index in [0.29, 0.717) is 33.9 Å². The molecule has 10 nitrogen and oxygen atoms in total. The molecule has 4 rings (SSSR count). The summed E-state index contributed by atoms with van der Waals surface area (Å²) in [6, 6.07) is 18.3. The number of aromatic nitrogens is 1. The van der Waals surface area contributed by atoms with Gasteiger partial charge in [0, 0.05) is 24.9 Å². The Balaban J connectivity index is 1.65. The normalized spacial score (nSPS) is 12.7. The van der Waals surface area contributed by atoms with Gasteiger partial charge in [-0.15, -0.1) is 0 Å². The van der Waals surface area contributed by atoms with E-state index in [1.807, 2.05) is 0 Å². The van der Waals surface area contributed by atoms with Crippen LogP contribution in [0, 0.1) is 0 Å². The first-order valence-electron chi connectivity index (χ1n) is 10.5. The Kier molecular flexibility index (Phi) is 7.38. The van der Waals surface area contributed by atoms with E-state index in [1.54, 1.807) is 35.9 Å². The molecule has 1 amide bonds. The molecule has 0 atom stereocenters. The van der Waals surface area contributed by atoms with Gasteiger partial charge in [0.15, 0.2) is 4.80 Å². The van der Waals surface area contributed by atoms with Gasteiger partial charge in [-0.1, -0.05) is 29.5 Å². The summed E-state index contributed by atoms with van der Waals surface area (Å²) >= 11 is 1.14. The summed E-state index contributed by atoms with van der Waals surface area (Å²) in [6.07, 6.45) is 0. The highest BCUT2D eigenvalue weighted by atomic mass is 32.2. The fraction of sp³-hybridized carbons (Fsp3) is 0.130. The first-order chi connectivity index (χ1) is 17.1. The number of hydrogen-bond donors (Lipinski definition) is 2. The van der Waals surface area contributed by atoms with Crippen LogP contribution in [-0.2, 0) is 31.3 Å². The number of thiazole rings is 1. The fourth-order valence-electron chi connectivity index (χ4n) is 3.36. The number of primary sulfonamides is 1. The molecule has 0 radical (unpaired) electrons. The number of carbonyl (C=O) groups is 1. The van der Waals surface area contributed by atoms with Crippen LogP contribution in [0.2, 0.25) is 0 Å². The van der Waals surface area contributed by atoms with E-state index in [2.05, 4.69) is 9.71 Å². The molecular formula is C23H22N4O6S3. The quantitative estimate of drug-likeness (QED) is 0.347. The molecule has 13 heteroatoms. The average Bonchev–Trinajstić information content (AvgIpc) is 3.19. The first kappa shape index (κ1) is 25.7. The Hall–Kier alpha value is -3.36. The molecule has 188 valence electrons. The third-order valence-corrected chi connectivity index (χ3v) is 8.49. The molecule has 0 aliphatic heterocycles. The van der Waals surface area contributed by atoms with Gasteiger partial charge < -0.3 is 9.30 Å². The lowest BCUT2D eigenvalue weighted by molar-refractivity contribution is 0.0997. The Labute approximate surface area is 211 Å². The van der Waals surface area contributed by atoms with Gasteiger partial charge in [-0.05, 0) is 54.6 Å². The van der Waals surface area contributed by atoms with Crippen LogP contribution in [0.5, 0.6) is 0 Å². The Morgan fingerprint density at radius 2 is 1.69 bits per heavy atom. The Bertz CT molecular complexity index is 1690. The Morgan fingerprint density at radius 3 is 2.33 bits per heavy atom. The van der Waals surface area contributed by atoms with E-state index >= 15 is 0 Å². The van der Waals surface area contributed by atoms with Crippen molar-refractivity contribution in [1.82, 2.24) is 4.57 Å². The fourth-order valence-corrected chi connectivity index (χ4v) is 6.15. The van der Waals surface area contributed by atoms with Crippen molar-refractivity contribution in [2.45, 2.75) is 16.3 Å². The van der Waals surface area contributed by atoms with Gasteiger partial charge in [0.05, 0.1) is 26.6 Å². The minimum Gasteiger partial charge on any atom is -0.383 e. The third kappa shape index (κ3) is 5.71. The number of nitrogens with zero attached hydrogens (tertiary/aromatic N) is 2. The molecular weight excluding hydrogens is 524 g/mol. The number of hydrogen-bond acceptors (Lipinski definition) is 7. The van der Waals surface area contributed by atoms with E-state index in [9.17, 15) is 21.6 Å². The maximum atomic E-state index is 12.9. The van der Waals surface area contributed by atoms with Crippen LogP contribution >= 0.6 is 11.3 Å². The molecule has 0 aliphatic carbocycles. The molecule has 0 aliphatic rings. The number of carbonyl (C=O) groups excluding carboxylic acids is 1. The van der Waals surface area contributed by atoms with E-state index in [-0.39, 0.29) is 15.4 Å². The van der Waals surface area contributed by atoms with E-state index in [0.717, 1.165) is 11.3 Å². The van der Waals surface area contributed by atoms with Gasteiger partial charge in [-0.25, -0.2) is 22.0 Å². The van der Waals surface area contributed by atoms with E-state index in [4.69, 9.17) is 9.88 Å². The number of rotatable bonds is 8. The monoisotopic (exact) mass is 546 g/mol. The predicted molar refractivity (Wildman–Crippen MR) is 137 cm³/mol. The molecule has 1 aromatic heterocycles. The highest BCUT2D eigenvalue weighted by Gasteiger charge is 2.15. The van der Waals surface area contributed by atoms with Gasteiger partial charge in [-0.3, -0.25) is 9.52 Å². The minimum atomic E-state index is -3.89. The molecule has 0 saturated carbocycles. The zero-order chi connectivity index (χ0) is 25.9. The van der Waals surface area contributed by atoms with Crippen molar-refractivity contribution in [3.63, 3.8) is 0 Å². The van der Waals surface area contributed by atoms with Crippen LogP contribution in [0.25, 0.3) is 10.2 Å². The molecule has 36 heavy (non-hydrogen) atoms. The van der Waals surface area contributed by atoms with Gasteiger partial charge in [0.1, 0.15) is 0 Å². The molecule has 0 saturated heterocycles. The Morgan fingerprint density at radius 1 is 1.00 bits per heavy atom. The van der Waals surface area contributed by atoms with Gasteiger partial charge in [0.25, 0.3) is 15.9 Å². The lowest BCUT2D eigenvalue weighted by atomic mass is 10.2. The van der Waals surface area contributed by atoms with Crippen LogP contribution in [0.1, 0.15) is 10.4 Å². The second-order valence-corrected chi connectivity index (χ2v) is 11.9. The minimum absolute atomic E-state index is 0.0402. The number of anilines is 1. The average molecular weight is 547 g/mol. The third-order valence-electron chi connectivity index (χ3n) is 5.14. The second kappa shape index (κ2) is 10.3. The lowest BCUT2D eigenvalue weighted by Gasteiger charge is -2.08.